The van der Waals surface area contributed by atoms with Gasteiger partial charge in [0.05, 0.1) is 0 Å². The maximum absolute atomic E-state index is 11.5. The summed E-state index contributed by atoms with van der Waals surface area (Å²) in [6, 6.07) is 0. The fourth-order valence-corrected chi connectivity index (χ4v) is 2.18. The predicted molar refractivity (Wildman–Crippen MR) is 59.1 cm³/mol. The summed E-state index contributed by atoms with van der Waals surface area (Å²) in [6.07, 6.45) is 2.98. The van der Waals surface area contributed by atoms with E-state index in [-0.39, 0.29) is 0 Å². The maximum Gasteiger partial charge on any atom is 0.222 e. The summed E-state index contributed by atoms with van der Waals surface area (Å²) in [6.45, 7) is 11.0. The number of carbonyl (C=O) groups is 1. The molecular weight excluding hydrogens is 174 g/mol. The van der Waals surface area contributed by atoms with Crippen LogP contribution in [-0.4, -0.2) is 23.9 Å². The van der Waals surface area contributed by atoms with Gasteiger partial charge in [-0.1, -0.05) is 34.1 Å². The van der Waals surface area contributed by atoms with Crippen molar-refractivity contribution in [1.82, 2.24) is 4.90 Å². The van der Waals surface area contributed by atoms with Gasteiger partial charge < -0.3 is 4.90 Å². The number of amides is 1. The molecule has 1 rings (SSSR count). The van der Waals surface area contributed by atoms with Crippen molar-refractivity contribution in [2.45, 2.75) is 47.0 Å². The summed E-state index contributed by atoms with van der Waals surface area (Å²) in [5, 5.41) is 0. The van der Waals surface area contributed by atoms with E-state index in [1.165, 1.54) is 0 Å². The fourth-order valence-electron chi connectivity index (χ4n) is 2.18. The highest BCUT2D eigenvalue weighted by molar-refractivity contribution is 5.78. The highest BCUT2D eigenvalue weighted by Gasteiger charge is 2.28. The lowest BCUT2D eigenvalue weighted by molar-refractivity contribution is -0.128. The van der Waals surface area contributed by atoms with Crippen molar-refractivity contribution in [1.29, 1.82) is 0 Å². The Labute approximate surface area is 87.7 Å². The first-order chi connectivity index (χ1) is 6.45. The second kappa shape index (κ2) is 4.33. The second-order valence-electron chi connectivity index (χ2n) is 5.41. The highest BCUT2D eigenvalue weighted by atomic mass is 16.2. The van der Waals surface area contributed by atoms with E-state index in [1.54, 1.807) is 0 Å². The number of rotatable bonds is 3. The van der Waals surface area contributed by atoms with Gasteiger partial charge in [0.15, 0.2) is 0 Å². The SMILES string of the molecule is CC[C@@H](CN1CCCC1=O)C(C)(C)C. The Morgan fingerprint density at radius 2 is 2.07 bits per heavy atom. The number of carbonyl (C=O) groups excluding carboxylic acids is 1. The van der Waals surface area contributed by atoms with Gasteiger partial charge in [-0.25, -0.2) is 0 Å². The lowest BCUT2D eigenvalue weighted by atomic mass is 9.79. The van der Waals surface area contributed by atoms with Crippen molar-refractivity contribution in [3.05, 3.63) is 0 Å². The molecule has 82 valence electrons. The summed E-state index contributed by atoms with van der Waals surface area (Å²) in [5.74, 6) is 0.984. The molecule has 1 amide bonds. The van der Waals surface area contributed by atoms with Crippen LogP contribution in [0, 0.1) is 11.3 Å². The third-order valence-corrected chi connectivity index (χ3v) is 3.33. The van der Waals surface area contributed by atoms with E-state index < -0.39 is 0 Å². The van der Waals surface area contributed by atoms with E-state index >= 15 is 0 Å². The van der Waals surface area contributed by atoms with Gasteiger partial charge in [0.1, 0.15) is 0 Å². The van der Waals surface area contributed by atoms with E-state index in [0.29, 0.717) is 17.2 Å². The zero-order valence-electron chi connectivity index (χ0n) is 9.97. The molecule has 0 aliphatic carbocycles. The lowest BCUT2D eigenvalue weighted by Gasteiger charge is -2.33. The molecule has 0 saturated carbocycles. The first kappa shape index (κ1) is 11.5. The van der Waals surface area contributed by atoms with Gasteiger partial charge in [-0.3, -0.25) is 4.79 Å². The molecule has 0 radical (unpaired) electrons. The number of hydrogen-bond donors (Lipinski definition) is 0. The number of nitrogens with zero attached hydrogens (tertiary/aromatic N) is 1. The molecule has 0 spiro atoms. The van der Waals surface area contributed by atoms with Crippen LogP contribution in [0.15, 0.2) is 0 Å². The van der Waals surface area contributed by atoms with Crippen LogP contribution in [0.1, 0.15) is 47.0 Å². The highest BCUT2D eigenvalue weighted by Crippen LogP contribution is 2.30. The minimum absolute atomic E-state index is 0.317. The van der Waals surface area contributed by atoms with Crippen molar-refractivity contribution in [2.75, 3.05) is 13.1 Å². The molecule has 0 aromatic rings. The first-order valence-corrected chi connectivity index (χ1v) is 5.73. The molecule has 0 unspecified atom stereocenters. The van der Waals surface area contributed by atoms with Gasteiger partial charge in [-0.15, -0.1) is 0 Å². The van der Waals surface area contributed by atoms with Crippen molar-refractivity contribution in [3.8, 4) is 0 Å². The standard InChI is InChI=1S/C12H23NO/c1-5-10(12(2,3)4)9-13-8-6-7-11(13)14/h10H,5-9H2,1-4H3/t10-/m0/s1. The summed E-state index contributed by atoms with van der Waals surface area (Å²) in [5.41, 5.74) is 0.317. The Morgan fingerprint density at radius 1 is 1.43 bits per heavy atom. The zero-order valence-corrected chi connectivity index (χ0v) is 9.97. The van der Waals surface area contributed by atoms with Crippen LogP contribution in [0.3, 0.4) is 0 Å². The quantitative estimate of drug-likeness (QED) is 0.681. The summed E-state index contributed by atoms with van der Waals surface area (Å²) >= 11 is 0. The Kier molecular flexibility index (Phi) is 3.57. The normalized spacial score (nSPS) is 20.3. The Morgan fingerprint density at radius 3 is 2.43 bits per heavy atom. The van der Waals surface area contributed by atoms with Gasteiger partial charge >= 0.3 is 0 Å². The van der Waals surface area contributed by atoms with Crippen LogP contribution >= 0.6 is 0 Å². The smallest absolute Gasteiger partial charge is 0.222 e. The molecule has 14 heavy (non-hydrogen) atoms. The predicted octanol–water partition coefficient (Wildman–Crippen LogP) is 2.68. The second-order valence-corrected chi connectivity index (χ2v) is 5.41. The lowest BCUT2D eigenvalue weighted by Crippen LogP contribution is -2.35. The monoisotopic (exact) mass is 197 g/mol. The van der Waals surface area contributed by atoms with E-state index in [1.807, 2.05) is 4.90 Å². The van der Waals surface area contributed by atoms with E-state index in [2.05, 4.69) is 27.7 Å². The summed E-state index contributed by atoms with van der Waals surface area (Å²) in [4.78, 5) is 13.5. The summed E-state index contributed by atoms with van der Waals surface area (Å²) in [7, 11) is 0. The van der Waals surface area contributed by atoms with Gasteiger partial charge in [0, 0.05) is 19.5 Å². The minimum atomic E-state index is 0.317. The number of likely N-dealkylation sites (tertiary alicyclic amines) is 1. The molecular formula is C12H23NO. The molecule has 1 atom stereocenters. The van der Waals surface area contributed by atoms with Crippen LogP contribution in [0.4, 0.5) is 0 Å². The van der Waals surface area contributed by atoms with E-state index in [9.17, 15) is 4.79 Å². The largest absolute Gasteiger partial charge is 0.342 e. The average Bonchev–Trinajstić information content (AvgIpc) is 2.45. The van der Waals surface area contributed by atoms with Crippen molar-refractivity contribution in [3.63, 3.8) is 0 Å². The van der Waals surface area contributed by atoms with Crippen molar-refractivity contribution in [2.24, 2.45) is 11.3 Å². The maximum atomic E-state index is 11.5. The van der Waals surface area contributed by atoms with E-state index in [0.717, 1.165) is 32.4 Å². The van der Waals surface area contributed by atoms with Crippen LogP contribution in [-0.2, 0) is 4.79 Å². The van der Waals surface area contributed by atoms with Gasteiger partial charge in [-0.05, 0) is 17.8 Å². The minimum Gasteiger partial charge on any atom is -0.342 e. The van der Waals surface area contributed by atoms with E-state index in [4.69, 9.17) is 0 Å². The molecule has 0 N–H and O–H groups in total. The molecule has 2 nitrogen and oxygen atoms in total. The van der Waals surface area contributed by atoms with Crippen molar-refractivity contribution >= 4 is 5.91 Å². The topological polar surface area (TPSA) is 20.3 Å². The first-order valence-electron chi connectivity index (χ1n) is 5.73. The molecule has 1 fully saturated rings. The molecule has 0 aromatic carbocycles. The van der Waals surface area contributed by atoms with Crippen molar-refractivity contribution < 1.29 is 4.79 Å². The van der Waals surface area contributed by atoms with Crippen LogP contribution in [0.5, 0.6) is 0 Å². The third-order valence-electron chi connectivity index (χ3n) is 3.33. The van der Waals surface area contributed by atoms with Crippen LogP contribution in [0.2, 0.25) is 0 Å². The Hall–Kier alpha value is -0.530. The van der Waals surface area contributed by atoms with Crippen LogP contribution < -0.4 is 0 Å². The summed E-state index contributed by atoms with van der Waals surface area (Å²) < 4.78 is 0. The molecule has 1 heterocycles. The average molecular weight is 197 g/mol. The zero-order chi connectivity index (χ0) is 10.8. The van der Waals surface area contributed by atoms with Gasteiger partial charge in [-0.2, -0.15) is 0 Å². The molecule has 0 aromatic heterocycles. The molecule has 1 aliphatic rings. The van der Waals surface area contributed by atoms with Crippen LogP contribution in [0.25, 0.3) is 0 Å². The Bertz CT molecular complexity index is 205. The number of hydrogen-bond acceptors (Lipinski definition) is 1. The Balaban J connectivity index is 2.52. The fraction of sp³-hybridized carbons (Fsp3) is 0.917. The molecule has 1 saturated heterocycles. The molecule has 0 bridgehead atoms. The molecule has 2 heteroatoms. The third kappa shape index (κ3) is 2.73. The molecule has 1 aliphatic heterocycles. The van der Waals surface area contributed by atoms with Gasteiger partial charge in [0.2, 0.25) is 5.91 Å². The van der Waals surface area contributed by atoms with Gasteiger partial charge in [0.25, 0.3) is 0 Å².